The van der Waals surface area contributed by atoms with Crippen molar-refractivity contribution < 1.29 is 4.79 Å². The van der Waals surface area contributed by atoms with Crippen molar-refractivity contribution >= 4 is 35.1 Å². The molecule has 0 bridgehead atoms. The molecule has 0 N–H and O–H groups in total. The van der Waals surface area contributed by atoms with Gasteiger partial charge in [0, 0.05) is 23.8 Å². The molecule has 25 heavy (non-hydrogen) atoms. The fraction of sp³-hybridized carbons (Fsp3) is 0.167. The van der Waals surface area contributed by atoms with Crippen LogP contribution in [0.15, 0.2) is 42.7 Å². The second-order valence-corrected chi connectivity index (χ2v) is 6.40. The Morgan fingerprint density at radius 2 is 2.04 bits per heavy atom. The average molecular weight is 375 g/mol. The normalized spacial score (nSPS) is 11.4. The Labute approximate surface area is 155 Å². The Balaban J connectivity index is 1.83. The van der Waals surface area contributed by atoms with E-state index in [1.54, 1.807) is 28.7 Å². The van der Waals surface area contributed by atoms with Crippen molar-refractivity contribution in [3.8, 4) is 0 Å². The van der Waals surface area contributed by atoms with Crippen molar-refractivity contribution in [2.75, 3.05) is 0 Å². The third-order valence-electron chi connectivity index (χ3n) is 3.78. The molecule has 0 saturated carbocycles. The first kappa shape index (κ1) is 17.5. The van der Waals surface area contributed by atoms with Crippen molar-refractivity contribution in [3.63, 3.8) is 0 Å². The number of rotatable bonds is 5. The van der Waals surface area contributed by atoms with Crippen LogP contribution in [0.4, 0.5) is 0 Å². The number of allylic oxidation sites excluding steroid dienone is 1. The minimum absolute atomic E-state index is 0.137. The van der Waals surface area contributed by atoms with Crippen molar-refractivity contribution in [2.45, 2.75) is 13.5 Å². The molecule has 0 atom stereocenters. The first-order valence-electron chi connectivity index (χ1n) is 7.63. The van der Waals surface area contributed by atoms with Gasteiger partial charge in [0.25, 0.3) is 0 Å². The zero-order chi connectivity index (χ0) is 18.0. The highest BCUT2D eigenvalue weighted by atomic mass is 35.5. The van der Waals surface area contributed by atoms with Gasteiger partial charge < -0.3 is 0 Å². The summed E-state index contributed by atoms with van der Waals surface area (Å²) in [6.45, 7) is 2.31. The van der Waals surface area contributed by atoms with Gasteiger partial charge in [0.15, 0.2) is 5.78 Å². The maximum Gasteiger partial charge on any atom is 0.189 e. The van der Waals surface area contributed by atoms with E-state index in [0.29, 0.717) is 27.8 Å². The molecular formula is C18H16Cl2N4O. The summed E-state index contributed by atoms with van der Waals surface area (Å²) in [5, 5.41) is 9.57. The number of hydrogen-bond donors (Lipinski definition) is 0. The van der Waals surface area contributed by atoms with Crippen LogP contribution in [0.25, 0.3) is 6.08 Å². The van der Waals surface area contributed by atoms with Gasteiger partial charge in [-0.3, -0.25) is 9.48 Å². The van der Waals surface area contributed by atoms with Crippen molar-refractivity contribution in [1.82, 2.24) is 19.6 Å². The lowest BCUT2D eigenvalue weighted by atomic mass is 10.2. The van der Waals surface area contributed by atoms with Gasteiger partial charge >= 0.3 is 0 Å². The molecule has 0 unspecified atom stereocenters. The fourth-order valence-electron chi connectivity index (χ4n) is 2.45. The molecule has 5 nitrogen and oxygen atoms in total. The summed E-state index contributed by atoms with van der Waals surface area (Å²) in [6, 6.07) is 7.55. The number of carbonyl (C=O) groups excluding carboxylic acids is 1. The zero-order valence-corrected chi connectivity index (χ0v) is 15.3. The monoisotopic (exact) mass is 374 g/mol. The van der Waals surface area contributed by atoms with E-state index in [1.165, 1.54) is 12.3 Å². The van der Waals surface area contributed by atoms with Gasteiger partial charge in [-0.1, -0.05) is 41.4 Å². The van der Waals surface area contributed by atoms with Gasteiger partial charge in [0.2, 0.25) is 0 Å². The molecular weight excluding hydrogens is 359 g/mol. The summed E-state index contributed by atoms with van der Waals surface area (Å²) in [4.78, 5) is 12.2. The molecule has 3 aromatic rings. The molecule has 3 rings (SSSR count). The number of halogens is 2. The van der Waals surface area contributed by atoms with Crippen LogP contribution in [0.1, 0.15) is 27.2 Å². The Bertz CT molecular complexity index is 956. The Morgan fingerprint density at radius 3 is 2.72 bits per heavy atom. The number of aryl methyl sites for hydroxylation is 2. The second kappa shape index (κ2) is 7.25. The van der Waals surface area contributed by atoms with E-state index < -0.39 is 0 Å². The third-order valence-corrected chi connectivity index (χ3v) is 4.55. The fourth-order valence-corrected chi connectivity index (χ4v) is 2.95. The molecule has 0 saturated heterocycles. The van der Waals surface area contributed by atoms with Crippen LogP contribution in [-0.2, 0) is 13.6 Å². The summed E-state index contributed by atoms with van der Waals surface area (Å²) in [5.41, 5.74) is 2.91. The summed E-state index contributed by atoms with van der Waals surface area (Å²) in [6.07, 6.45) is 6.36. The van der Waals surface area contributed by atoms with E-state index in [-0.39, 0.29) is 5.78 Å². The van der Waals surface area contributed by atoms with Crippen molar-refractivity contribution in [3.05, 3.63) is 75.3 Å². The van der Waals surface area contributed by atoms with Crippen LogP contribution in [0.5, 0.6) is 0 Å². The molecule has 2 aromatic heterocycles. The van der Waals surface area contributed by atoms with Crippen LogP contribution in [-0.4, -0.2) is 25.3 Å². The van der Waals surface area contributed by atoms with Gasteiger partial charge in [-0.25, -0.2) is 4.68 Å². The second-order valence-electron chi connectivity index (χ2n) is 5.64. The topological polar surface area (TPSA) is 52.7 Å². The molecule has 0 aliphatic carbocycles. The third kappa shape index (κ3) is 3.83. The van der Waals surface area contributed by atoms with E-state index >= 15 is 0 Å². The predicted octanol–water partition coefficient (Wildman–Crippen LogP) is 4.18. The Hall–Kier alpha value is -2.37. The van der Waals surface area contributed by atoms with Gasteiger partial charge in [0.05, 0.1) is 24.0 Å². The maximum atomic E-state index is 12.2. The van der Waals surface area contributed by atoms with Crippen LogP contribution >= 0.6 is 23.2 Å². The molecule has 1 aromatic carbocycles. The number of hydrogen-bond acceptors (Lipinski definition) is 3. The maximum absolute atomic E-state index is 12.2. The standard InChI is InChI=1S/C18H16Cl2N4O/c1-12-15(7-8-17(25)14-9-21-23(2)10-14)18(20)24(22-12)11-13-5-3-4-6-16(13)19/h3-10H,11H2,1-2H3. The predicted molar refractivity (Wildman–Crippen MR) is 99.1 cm³/mol. The molecule has 2 heterocycles. The first-order valence-corrected chi connectivity index (χ1v) is 8.38. The summed E-state index contributed by atoms with van der Waals surface area (Å²) < 4.78 is 3.26. The number of carbonyl (C=O) groups is 1. The van der Waals surface area contributed by atoms with Crippen LogP contribution in [0, 0.1) is 6.92 Å². The highest BCUT2D eigenvalue weighted by molar-refractivity contribution is 6.32. The summed E-state index contributed by atoms with van der Waals surface area (Å²) >= 11 is 12.6. The molecule has 0 spiro atoms. The molecule has 7 heteroatoms. The van der Waals surface area contributed by atoms with E-state index in [4.69, 9.17) is 23.2 Å². The Morgan fingerprint density at radius 1 is 1.28 bits per heavy atom. The van der Waals surface area contributed by atoms with E-state index in [1.807, 2.05) is 31.2 Å². The lowest BCUT2D eigenvalue weighted by Crippen LogP contribution is -2.02. The van der Waals surface area contributed by atoms with E-state index in [9.17, 15) is 4.79 Å². The van der Waals surface area contributed by atoms with Gasteiger partial charge in [-0.15, -0.1) is 0 Å². The first-order chi connectivity index (χ1) is 12.0. The zero-order valence-electron chi connectivity index (χ0n) is 13.8. The number of aromatic nitrogens is 4. The van der Waals surface area contributed by atoms with Gasteiger partial charge in [-0.2, -0.15) is 10.2 Å². The largest absolute Gasteiger partial charge is 0.289 e. The molecule has 0 fully saturated rings. The lowest BCUT2D eigenvalue weighted by Gasteiger charge is -2.05. The van der Waals surface area contributed by atoms with Crippen LogP contribution in [0.2, 0.25) is 10.2 Å². The highest BCUT2D eigenvalue weighted by Gasteiger charge is 2.13. The Kier molecular flexibility index (Phi) is 5.06. The summed E-state index contributed by atoms with van der Waals surface area (Å²) in [5.74, 6) is -0.137. The molecule has 128 valence electrons. The average Bonchev–Trinajstić information content (AvgIpc) is 3.12. The molecule has 0 radical (unpaired) electrons. The van der Waals surface area contributed by atoms with Crippen molar-refractivity contribution in [2.24, 2.45) is 7.05 Å². The van der Waals surface area contributed by atoms with E-state index in [0.717, 1.165) is 11.3 Å². The van der Waals surface area contributed by atoms with Crippen molar-refractivity contribution in [1.29, 1.82) is 0 Å². The minimum atomic E-state index is -0.137. The quantitative estimate of drug-likeness (QED) is 0.497. The van der Waals surface area contributed by atoms with Gasteiger partial charge in [0.1, 0.15) is 5.15 Å². The SMILES string of the molecule is Cc1nn(Cc2ccccc2Cl)c(Cl)c1C=CC(=O)c1cnn(C)c1. The smallest absolute Gasteiger partial charge is 0.189 e. The number of ketones is 1. The molecule has 0 aliphatic heterocycles. The molecule has 0 aliphatic rings. The highest BCUT2D eigenvalue weighted by Crippen LogP contribution is 2.24. The van der Waals surface area contributed by atoms with Crippen LogP contribution < -0.4 is 0 Å². The minimum Gasteiger partial charge on any atom is -0.289 e. The lowest BCUT2D eigenvalue weighted by molar-refractivity contribution is 0.104. The number of nitrogens with zero attached hydrogens (tertiary/aromatic N) is 4. The van der Waals surface area contributed by atoms with Crippen LogP contribution in [0.3, 0.4) is 0 Å². The summed E-state index contributed by atoms with van der Waals surface area (Å²) in [7, 11) is 1.76. The van der Waals surface area contributed by atoms with E-state index in [2.05, 4.69) is 10.2 Å². The molecule has 0 amide bonds. The number of benzene rings is 1. The van der Waals surface area contributed by atoms with Gasteiger partial charge in [-0.05, 0) is 30.7 Å².